The lowest BCUT2D eigenvalue weighted by Gasteiger charge is -2.44. The number of rotatable bonds is 6. The number of imide groups is 1. The minimum Gasteiger partial charge on any atom is -0.484 e. The van der Waals surface area contributed by atoms with Gasteiger partial charge in [-0.25, -0.2) is 14.5 Å². The molecule has 10 heteroatoms. The summed E-state index contributed by atoms with van der Waals surface area (Å²) in [6, 6.07) is 6.10. The number of aliphatic hydroxyl groups is 1. The quantitative estimate of drug-likeness (QED) is 0.639. The number of ether oxygens (including phenoxy) is 2. The molecule has 1 aromatic rings. The molecule has 0 bridgehead atoms. The lowest BCUT2D eigenvalue weighted by atomic mass is 9.82. The third-order valence-corrected chi connectivity index (χ3v) is 5.56. The Morgan fingerprint density at radius 2 is 1.97 bits per heavy atom. The Hall–Kier alpha value is -3.40. The van der Waals surface area contributed by atoms with Crippen LogP contribution in [0, 0.1) is 5.92 Å². The molecule has 0 unspecified atom stereocenters. The number of aliphatic hydroxyl groups excluding tert-OH is 1. The van der Waals surface area contributed by atoms with Crippen molar-refractivity contribution >= 4 is 29.5 Å². The highest BCUT2D eigenvalue weighted by molar-refractivity contribution is 6.06. The van der Waals surface area contributed by atoms with Gasteiger partial charge in [0.25, 0.3) is 5.91 Å². The fourth-order valence-corrected chi connectivity index (χ4v) is 4.12. The van der Waals surface area contributed by atoms with Crippen LogP contribution >= 0.6 is 0 Å². The number of benzene rings is 1. The monoisotopic (exact) mass is 416 g/mol. The zero-order chi connectivity index (χ0) is 21.6. The van der Waals surface area contributed by atoms with E-state index in [4.69, 9.17) is 9.47 Å². The van der Waals surface area contributed by atoms with Crippen molar-refractivity contribution in [2.24, 2.45) is 5.92 Å². The van der Waals surface area contributed by atoms with E-state index in [1.165, 1.54) is 11.8 Å². The molecule has 3 amide bonds. The molecule has 0 saturated carbocycles. The zero-order valence-corrected chi connectivity index (χ0v) is 16.1. The summed E-state index contributed by atoms with van der Waals surface area (Å²) in [6.07, 6.45) is -1.21. The number of fused-ring (bicyclic) bond motifs is 1. The second kappa shape index (κ2) is 7.45. The van der Waals surface area contributed by atoms with Crippen LogP contribution in [-0.4, -0.2) is 75.8 Å². The number of carboxylic acid groups (broad SMARTS) is 1. The number of cyclic esters (lactones) is 1. The van der Waals surface area contributed by atoms with Crippen LogP contribution < -0.4 is 4.74 Å². The third-order valence-electron chi connectivity index (χ3n) is 5.56. The van der Waals surface area contributed by atoms with E-state index < -0.39 is 30.0 Å². The average molecular weight is 416 g/mol. The van der Waals surface area contributed by atoms with Crippen LogP contribution in [0.15, 0.2) is 30.0 Å². The van der Waals surface area contributed by atoms with E-state index in [0.29, 0.717) is 23.3 Å². The number of aliphatic carboxylic acids is 1. The van der Waals surface area contributed by atoms with Gasteiger partial charge in [0.2, 0.25) is 5.91 Å². The second-order valence-corrected chi connectivity index (χ2v) is 7.35. The molecule has 3 heterocycles. The van der Waals surface area contributed by atoms with E-state index >= 15 is 0 Å². The first-order valence-corrected chi connectivity index (χ1v) is 9.47. The van der Waals surface area contributed by atoms with Crippen molar-refractivity contribution in [3.05, 3.63) is 35.5 Å². The molecule has 10 nitrogen and oxygen atoms in total. The van der Waals surface area contributed by atoms with Gasteiger partial charge in [-0.3, -0.25) is 9.59 Å². The summed E-state index contributed by atoms with van der Waals surface area (Å²) in [5.41, 5.74) is 1.05. The Morgan fingerprint density at radius 3 is 2.53 bits per heavy atom. The Balaban J connectivity index is 1.47. The van der Waals surface area contributed by atoms with E-state index in [0.717, 1.165) is 4.90 Å². The first-order valence-electron chi connectivity index (χ1n) is 9.47. The van der Waals surface area contributed by atoms with Gasteiger partial charge in [0.05, 0.1) is 24.6 Å². The van der Waals surface area contributed by atoms with Crippen molar-refractivity contribution in [1.29, 1.82) is 0 Å². The summed E-state index contributed by atoms with van der Waals surface area (Å²) in [5.74, 6) is -2.34. The second-order valence-electron chi connectivity index (χ2n) is 7.35. The molecule has 0 aliphatic carbocycles. The molecule has 1 aromatic carbocycles. The maximum atomic E-state index is 12.3. The Bertz CT molecular complexity index is 952. The summed E-state index contributed by atoms with van der Waals surface area (Å²) in [7, 11) is 0. The lowest BCUT2D eigenvalue weighted by Crippen LogP contribution is -2.61. The third kappa shape index (κ3) is 3.18. The van der Waals surface area contributed by atoms with Gasteiger partial charge >= 0.3 is 12.1 Å². The van der Waals surface area contributed by atoms with Crippen molar-refractivity contribution in [2.45, 2.75) is 25.5 Å². The predicted octanol–water partition coefficient (Wildman–Crippen LogP) is 0.451. The van der Waals surface area contributed by atoms with Gasteiger partial charge in [0.1, 0.15) is 18.1 Å². The number of β-lactam (4-membered cyclic amide) rings is 1. The number of hydrogen-bond donors (Lipinski definition) is 2. The van der Waals surface area contributed by atoms with Crippen molar-refractivity contribution < 1.29 is 38.9 Å². The normalized spacial score (nSPS) is 23.8. The van der Waals surface area contributed by atoms with Crippen molar-refractivity contribution in [3.63, 3.8) is 0 Å². The Morgan fingerprint density at radius 1 is 1.27 bits per heavy atom. The lowest BCUT2D eigenvalue weighted by molar-refractivity contribution is -0.161. The smallest absolute Gasteiger partial charge is 0.416 e. The van der Waals surface area contributed by atoms with E-state index in [2.05, 4.69) is 0 Å². The first kappa shape index (κ1) is 19.9. The molecular weight excluding hydrogens is 396 g/mol. The number of nitrogens with zero attached hydrogens (tertiary/aromatic N) is 2. The molecule has 4 rings (SSSR count). The molecule has 2 fully saturated rings. The molecule has 0 aromatic heterocycles. The molecule has 30 heavy (non-hydrogen) atoms. The maximum absolute atomic E-state index is 12.3. The van der Waals surface area contributed by atoms with Crippen LogP contribution in [0.4, 0.5) is 4.79 Å². The van der Waals surface area contributed by atoms with Crippen molar-refractivity contribution in [1.82, 2.24) is 9.80 Å². The summed E-state index contributed by atoms with van der Waals surface area (Å²) >= 11 is 0. The van der Waals surface area contributed by atoms with Crippen molar-refractivity contribution in [2.75, 3.05) is 19.8 Å². The number of amides is 3. The summed E-state index contributed by atoms with van der Waals surface area (Å²) in [5, 5.41) is 19.4. The molecule has 0 radical (unpaired) electrons. The van der Waals surface area contributed by atoms with E-state index in [1.54, 1.807) is 24.3 Å². The molecule has 3 atom stereocenters. The van der Waals surface area contributed by atoms with E-state index in [1.807, 2.05) is 0 Å². The summed E-state index contributed by atoms with van der Waals surface area (Å²) < 4.78 is 10.1. The average Bonchev–Trinajstić information content (AvgIpc) is 3.27. The minimum absolute atomic E-state index is 0.0710. The van der Waals surface area contributed by atoms with Crippen molar-refractivity contribution in [3.8, 4) is 5.75 Å². The molecule has 2 N–H and O–H groups in total. The van der Waals surface area contributed by atoms with E-state index in [9.17, 15) is 29.4 Å². The Kier molecular flexibility index (Phi) is 4.94. The highest BCUT2D eigenvalue weighted by Crippen LogP contribution is 2.47. The molecule has 3 aliphatic rings. The van der Waals surface area contributed by atoms with Gasteiger partial charge in [0.15, 0.2) is 6.61 Å². The van der Waals surface area contributed by atoms with Crippen LogP contribution in [-0.2, 0) is 19.1 Å². The van der Waals surface area contributed by atoms with Gasteiger partial charge in [-0.15, -0.1) is 0 Å². The van der Waals surface area contributed by atoms with Crippen LogP contribution in [0.3, 0.4) is 0 Å². The Labute approximate surface area is 171 Å². The SMILES string of the molecule is C[C@@H](O)[C@H]1C(=O)N2C(C(=O)O)=C(c3ccc(OCC(=O)N4CCOC4=O)cc3)C[C@H]12. The number of hydrogen-bond acceptors (Lipinski definition) is 7. The highest BCUT2D eigenvalue weighted by Gasteiger charge is 2.56. The molecule has 2 saturated heterocycles. The van der Waals surface area contributed by atoms with E-state index in [-0.39, 0.29) is 37.4 Å². The van der Waals surface area contributed by atoms with Gasteiger partial charge in [0, 0.05) is 0 Å². The largest absolute Gasteiger partial charge is 0.484 e. The summed E-state index contributed by atoms with van der Waals surface area (Å²) in [6.45, 7) is 1.54. The number of carbonyl (C=O) groups is 4. The first-order chi connectivity index (χ1) is 14.3. The minimum atomic E-state index is -1.20. The number of carboxylic acids is 1. The molecule has 158 valence electrons. The fourth-order valence-electron chi connectivity index (χ4n) is 4.12. The fraction of sp³-hybridized carbons (Fsp3) is 0.400. The standard InChI is InChI=1S/C20H20N2O8/c1-10(23)16-14-8-13(17(19(26)27)22(14)18(16)25)11-2-4-12(5-3-11)30-9-15(24)21-6-7-29-20(21)28/h2-5,10,14,16,23H,6-9H2,1H3,(H,26,27)/t10-,14-,16-/m1/s1. The van der Waals surface area contributed by atoms with Crippen LogP contribution in [0.5, 0.6) is 5.75 Å². The van der Waals surface area contributed by atoms with Crippen LogP contribution in [0.2, 0.25) is 0 Å². The van der Waals surface area contributed by atoms with Crippen LogP contribution in [0.1, 0.15) is 18.9 Å². The molecule has 0 spiro atoms. The van der Waals surface area contributed by atoms with Gasteiger partial charge < -0.3 is 24.6 Å². The van der Waals surface area contributed by atoms with Crippen LogP contribution in [0.25, 0.3) is 5.57 Å². The topological polar surface area (TPSA) is 134 Å². The maximum Gasteiger partial charge on any atom is 0.416 e. The molecule has 3 aliphatic heterocycles. The zero-order valence-electron chi connectivity index (χ0n) is 16.1. The van der Waals surface area contributed by atoms with Gasteiger partial charge in [-0.2, -0.15) is 0 Å². The predicted molar refractivity (Wildman–Crippen MR) is 100.0 cm³/mol. The van der Waals surface area contributed by atoms with Gasteiger partial charge in [-0.05, 0) is 36.6 Å². The number of carbonyl (C=O) groups excluding carboxylic acids is 3. The molecular formula is C20H20N2O8. The highest BCUT2D eigenvalue weighted by atomic mass is 16.6. The summed E-state index contributed by atoms with van der Waals surface area (Å²) in [4.78, 5) is 49.6. The van der Waals surface area contributed by atoms with Gasteiger partial charge in [-0.1, -0.05) is 12.1 Å².